The number of fused-ring (bicyclic) bond motifs is 3. The normalized spacial score (nSPS) is 25.4. The smallest absolute Gasteiger partial charge is 0.329 e. The summed E-state index contributed by atoms with van der Waals surface area (Å²) in [5.74, 6) is -3.61. The van der Waals surface area contributed by atoms with E-state index in [1.54, 1.807) is 16.6 Å². The summed E-state index contributed by atoms with van der Waals surface area (Å²) in [4.78, 5) is 102. The monoisotopic (exact) mass is 950 g/mol. The first-order chi connectivity index (χ1) is 34.1. The number of nitrogens with one attached hydrogen (secondary N) is 3. The zero-order chi connectivity index (χ0) is 48.0. The molecule has 10 aliphatic rings. The van der Waals surface area contributed by atoms with Crippen molar-refractivity contribution in [3.05, 3.63) is 108 Å². The molecular formula is C49H54N14O7. The Morgan fingerprint density at radius 3 is 2.19 bits per heavy atom. The SMILES string of the molecule is O=C1CC[C@H](N2C(=O)c3ccc([C@@H](C(=O)O)N4N5CCN(CCCN6CCN(CC6)c6ccc(cc6)N4Nc4ncnc6c4ncn6C4CC(NC(=O)Cc6ccccc6)C4)CC5)cc3C2=O)C(=O)N1. The quantitative estimate of drug-likeness (QED) is 0.147. The van der Waals surface area contributed by atoms with E-state index in [0.29, 0.717) is 68.1 Å². The van der Waals surface area contributed by atoms with Crippen molar-refractivity contribution in [1.82, 2.24) is 55.0 Å². The van der Waals surface area contributed by atoms with Gasteiger partial charge in [-0.05, 0) is 86.3 Å². The van der Waals surface area contributed by atoms with Crippen LogP contribution in [0.25, 0.3) is 11.2 Å². The van der Waals surface area contributed by atoms with Crippen LogP contribution in [0.1, 0.15) is 76.0 Å². The molecule has 362 valence electrons. The average Bonchev–Trinajstić information content (AvgIpc) is 3.89. The standard InChI is InChI=1S/C49H54N14O7/c64-40-14-13-39(46(66)54-40)61-47(67)37-12-7-32(26-38(37)48(61)68)43(49(69)70)63-59-23-19-57(20-24-59)16-4-15-56-17-21-58(22-18-56)34-8-10-35(11-9-34)62(63)55-44-42-45(51-29-50-44)60(30-52-42)36-27-33(28-36)53-41(65)25-31-5-2-1-3-6-31/h1-3,5-12,26,29-30,33,36,39,43H,4,13-25,27-28H2,(H,53,65)(H,69,70)(H,50,51,55)(H,54,64,66)/t33?,36?,39-,43-/m0/s1. The van der Waals surface area contributed by atoms with Crippen molar-refractivity contribution in [2.45, 2.75) is 62.7 Å². The number of hydrazine groups is 3. The van der Waals surface area contributed by atoms with Gasteiger partial charge in [-0.2, -0.15) is 0 Å². The predicted molar refractivity (Wildman–Crippen MR) is 255 cm³/mol. The summed E-state index contributed by atoms with van der Waals surface area (Å²) in [6.07, 6.45) is 5.80. The van der Waals surface area contributed by atoms with Gasteiger partial charge in [-0.15, -0.1) is 5.12 Å². The van der Waals surface area contributed by atoms with Crippen molar-refractivity contribution >= 4 is 63.9 Å². The second-order valence-corrected chi connectivity index (χ2v) is 18.8. The minimum atomic E-state index is -1.48. The molecule has 2 aromatic heterocycles. The van der Waals surface area contributed by atoms with Crippen LogP contribution >= 0.6 is 0 Å². The number of carboxylic acids is 1. The summed E-state index contributed by atoms with van der Waals surface area (Å²) in [7, 11) is 0. The van der Waals surface area contributed by atoms with Gasteiger partial charge >= 0.3 is 5.97 Å². The number of piperazine rings is 2. The van der Waals surface area contributed by atoms with Crippen molar-refractivity contribution in [1.29, 1.82) is 0 Å². The second kappa shape index (κ2) is 18.9. The summed E-state index contributed by atoms with van der Waals surface area (Å²) in [5.41, 5.74) is 7.27. The Bertz CT molecular complexity index is 2840. The van der Waals surface area contributed by atoms with Crippen LogP contribution < -0.4 is 26.1 Å². The molecule has 1 aliphatic carbocycles. The van der Waals surface area contributed by atoms with Crippen molar-refractivity contribution < 1.29 is 33.9 Å². The lowest BCUT2D eigenvalue weighted by Gasteiger charge is -2.48. The molecule has 9 aliphatic heterocycles. The van der Waals surface area contributed by atoms with Gasteiger partial charge in [0.15, 0.2) is 23.0 Å². The zero-order valence-corrected chi connectivity index (χ0v) is 38.5. The number of carbonyl (C=O) groups is 6. The van der Waals surface area contributed by atoms with Crippen LogP contribution in [0.3, 0.4) is 0 Å². The number of carboxylic acid groups (broad SMARTS) is 1. The highest BCUT2D eigenvalue weighted by Crippen LogP contribution is 2.38. The first kappa shape index (κ1) is 45.1. The van der Waals surface area contributed by atoms with Crippen molar-refractivity contribution in [2.75, 3.05) is 80.9 Å². The Morgan fingerprint density at radius 1 is 0.771 bits per heavy atom. The molecule has 2 atom stereocenters. The van der Waals surface area contributed by atoms with Gasteiger partial charge in [0.1, 0.15) is 12.4 Å². The molecule has 70 heavy (non-hydrogen) atoms. The highest BCUT2D eigenvalue weighted by molar-refractivity contribution is 6.23. The van der Waals surface area contributed by atoms with E-state index in [9.17, 15) is 33.9 Å². The number of anilines is 3. The van der Waals surface area contributed by atoms with Crippen molar-refractivity contribution in [3.63, 3.8) is 0 Å². The second-order valence-electron chi connectivity index (χ2n) is 18.8. The van der Waals surface area contributed by atoms with Gasteiger partial charge in [-0.3, -0.25) is 49.3 Å². The number of aromatic nitrogens is 4. The fraction of sp³-hybridized carbons (Fsp3) is 0.408. The number of benzene rings is 3. The summed E-state index contributed by atoms with van der Waals surface area (Å²) in [5, 5.41) is 22.2. The molecule has 4 N–H and O–H groups in total. The van der Waals surface area contributed by atoms with Gasteiger partial charge in [0, 0.05) is 76.5 Å². The lowest BCUT2D eigenvalue weighted by atomic mass is 9.86. The summed E-state index contributed by atoms with van der Waals surface area (Å²) >= 11 is 0. The average molecular weight is 951 g/mol. The van der Waals surface area contributed by atoms with Gasteiger partial charge in [0.25, 0.3) is 11.8 Å². The van der Waals surface area contributed by atoms with Crippen LogP contribution in [0.2, 0.25) is 0 Å². The fourth-order valence-corrected chi connectivity index (χ4v) is 10.7. The summed E-state index contributed by atoms with van der Waals surface area (Å²) in [6, 6.07) is 19.3. The van der Waals surface area contributed by atoms with E-state index in [4.69, 9.17) is 9.97 Å². The molecule has 5 aromatic rings. The molecule has 0 radical (unpaired) electrons. The number of imide groups is 2. The Morgan fingerprint density at radius 2 is 1.47 bits per heavy atom. The zero-order valence-electron chi connectivity index (χ0n) is 38.5. The largest absolute Gasteiger partial charge is 0.480 e. The van der Waals surface area contributed by atoms with Crippen molar-refractivity contribution in [2.24, 2.45) is 0 Å². The first-order valence-corrected chi connectivity index (χ1v) is 24.1. The molecule has 3 saturated heterocycles. The molecule has 5 amide bonds. The molecule has 15 rings (SSSR count). The molecule has 3 aromatic carbocycles. The topological polar surface area (TPSA) is 225 Å². The number of carbonyl (C=O) groups excluding carboxylic acids is 5. The van der Waals surface area contributed by atoms with E-state index in [1.807, 2.05) is 64.2 Å². The maximum Gasteiger partial charge on any atom is 0.329 e. The highest BCUT2D eigenvalue weighted by Gasteiger charge is 2.46. The lowest BCUT2D eigenvalue weighted by molar-refractivity contribution is -0.159. The number of rotatable bonds is 10. The number of imidazole rings is 1. The molecule has 21 heteroatoms. The number of hydrogen-bond donors (Lipinski definition) is 4. The van der Waals surface area contributed by atoms with Crippen LogP contribution in [0, 0.1) is 0 Å². The molecule has 0 unspecified atom stereocenters. The Kier molecular flexibility index (Phi) is 12.2. The third-order valence-corrected chi connectivity index (χ3v) is 14.5. The highest BCUT2D eigenvalue weighted by atomic mass is 16.4. The summed E-state index contributed by atoms with van der Waals surface area (Å²) in [6.45, 7) is 7.74. The van der Waals surface area contributed by atoms with E-state index in [-0.39, 0.29) is 47.5 Å². The fourth-order valence-electron chi connectivity index (χ4n) is 10.7. The Hall–Kier alpha value is -7.33. The van der Waals surface area contributed by atoms with E-state index >= 15 is 0 Å². The van der Waals surface area contributed by atoms with Crippen LogP contribution in [-0.2, 0) is 25.6 Å². The number of amides is 5. The number of piperidine rings is 1. The van der Waals surface area contributed by atoms with Gasteiger partial charge in [-0.1, -0.05) is 36.4 Å². The van der Waals surface area contributed by atoms with E-state index < -0.39 is 41.7 Å². The molecule has 0 spiro atoms. The van der Waals surface area contributed by atoms with Crippen LogP contribution in [0.15, 0.2) is 85.5 Å². The number of nitrogens with zero attached hydrogens (tertiary/aromatic N) is 11. The van der Waals surface area contributed by atoms with E-state index in [2.05, 4.69) is 35.7 Å². The van der Waals surface area contributed by atoms with Gasteiger partial charge < -0.3 is 24.8 Å². The van der Waals surface area contributed by atoms with E-state index in [0.717, 1.165) is 61.8 Å². The minimum Gasteiger partial charge on any atom is -0.480 e. The minimum absolute atomic E-state index is 0.00562. The van der Waals surface area contributed by atoms with Crippen LogP contribution in [-0.4, -0.2) is 162 Å². The van der Waals surface area contributed by atoms with Gasteiger partial charge in [0.2, 0.25) is 17.7 Å². The molecule has 11 heterocycles. The Labute approximate surface area is 402 Å². The predicted octanol–water partition coefficient (Wildman–Crippen LogP) is 2.22. The first-order valence-electron chi connectivity index (χ1n) is 24.1. The summed E-state index contributed by atoms with van der Waals surface area (Å²) < 4.78 is 1.99. The molecule has 6 bridgehead atoms. The molecular weight excluding hydrogens is 897 g/mol. The van der Waals surface area contributed by atoms with Gasteiger partial charge in [-0.25, -0.2) is 25.1 Å². The number of hydrogen-bond acceptors (Lipinski definition) is 16. The van der Waals surface area contributed by atoms with Gasteiger partial charge in [0.05, 0.1) is 29.6 Å². The maximum absolute atomic E-state index is 14.1. The van der Waals surface area contributed by atoms with Crippen molar-refractivity contribution in [3.8, 4) is 0 Å². The molecule has 21 nitrogen and oxygen atoms in total. The van der Waals surface area contributed by atoms with E-state index in [1.165, 1.54) is 24.5 Å². The molecule has 1 saturated carbocycles. The maximum atomic E-state index is 14.1. The Balaban J connectivity index is 0.948. The number of aliphatic carboxylic acids is 1. The lowest BCUT2D eigenvalue weighted by Crippen LogP contribution is -2.63. The van der Waals surface area contributed by atoms with Crippen LogP contribution in [0.5, 0.6) is 0 Å². The van der Waals surface area contributed by atoms with Crippen LogP contribution in [0.4, 0.5) is 17.2 Å². The third-order valence-electron chi connectivity index (χ3n) is 14.5. The third kappa shape index (κ3) is 8.69. The molecule has 4 fully saturated rings.